The number of allylic oxidation sites excluding steroid dienone is 1. The number of unbranched alkanes of at least 4 members (excludes halogenated alkanes) is 15. The van der Waals surface area contributed by atoms with Gasteiger partial charge in [0.2, 0.25) is 0 Å². The van der Waals surface area contributed by atoms with Gasteiger partial charge in [0.15, 0.2) is 0 Å². The second-order valence-electron chi connectivity index (χ2n) is 16.0. The van der Waals surface area contributed by atoms with E-state index in [-0.39, 0.29) is 16.8 Å². The number of ether oxygens (including phenoxy) is 1. The van der Waals surface area contributed by atoms with Gasteiger partial charge in [-0.15, -0.1) is 0 Å². The predicted molar refractivity (Wildman–Crippen MR) is 212 cm³/mol. The maximum Gasteiger partial charge on any atom is 0.332 e. The van der Waals surface area contributed by atoms with Crippen molar-refractivity contribution < 1.29 is 19.4 Å². The number of esters is 1. The van der Waals surface area contributed by atoms with Crippen LogP contribution in [0.5, 0.6) is 5.75 Å². The number of rotatable bonds is 22. The van der Waals surface area contributed by atoms with Gasteiger partial charge in [0.25, 0.3) is 5.56 Å². The first-order valence-corrected chi connectivity index (χ1v) is 19.6. The molecule has 0 saturated heterocycles. The number of aromatic hydroxyl groups is 1. The normalized spacial score (nSPS) is 11.8. The molecule has 0 amide bonds. The highest BCUT2D eigenvalue weighted by Gasteiger charge is 2.26. The third-order valence-electron chi connectivity index (χ3n) is 9.14. The van der Waals surface area contributed by atoms with Crippen molar-refractivity contribution in [3.8, 4) is 5.75 Å². The third-order valence-corrected chi connectivity index (χ3v) is 9.14. The van der Waals surface area contributed by atoms with E-state index in [0.717, 1.165) is 34.1 Å². The van der Waals surface area contributed by atoms with Crippen LogP contribution < -0.4 is 11.2 Å². The van der Waals surface area contributed by atoms with E-state index in [2.05, 4.69) is 65.6 Å². The van der Waals surface area contributed by atoms with Crippen LogP contribution in [0.3, 0.4) is 0 Å². The predicted octanol–water partition coefficient (Wildman–Crippen LogP) is 10.2. The fraction of sp³-hybridized carbons (Fsp3) is 0.674. The first-order chi connectivity index (χ1) is 24.1. The highest BCUT2D eigenvalue weighted by atomic mass is 16.5. The molecule has 8 nitrogen and oxygen atoms in total. The van der Waals surface area contributed by atoms with Crippen molar-refractivity contribution in [3.05, 3.63) is 67.5 Å². The van der Waals surface area contributed by atoms with E-state index < -0.39 is 11.2 Å². The fourth-order valence-electron chi connectivity index (χ4n) is 5.96. The number of phenolic OH excluding ortho intramolecular Hbond substituents is 1. The lowest BCUT2D eigenvalue weighted by molar-refractivity contribution is -0.143. The number of aryl methyl sites for hydroxylation is 2. The molecule has 0 aliphatic heterocycles. The summed E-state index contributed by atoms with van der Waals surface area (Å²) in [4.78, 5) is 46.3. The van der Waals surface area contributed by atoms with Gasteiger partial charge in [0, 0.05) is 24.4 Å². The Labute approximate surface area is 308 Å². The van der Waals surface area contributed by atoms with Crippen LogP contribution in [-0.4, -0.2) is 33.5 Å². The monoisotopic (exact) mass is 711 g/mol. The molecule has 2 aromatic rings. The van der Waals surface area contributed by atoms with Gasteiger partial charge in [-0.1, -0.05) is 157 Å². The molecular weight excluding hydrogens is 640 g/mol. The van der Waals surface area contributed by atoms with Gasteiger partial charge in [-0.2, -0.15) is 0 Å². The number of nitrogens with zero attached hydrogens (tertiary/aromatic N) is 1. The highest BCUT2D eigenvalue weighted by Crippen LogP contribution is 2.40. The molecule has 0 aliphatic rings. The maximum atomic E-state index is 12.3. The number of carbonyl (C=O) groups excluding carboxylic acids is 2. The summed E-state index contributed by atoms with van der Waals surface area (Å²) < 4.78 is 6.64. The van der Waals surface area contributed by atoms with E-state index in [1.54, 1.807) is 6.92 Å². The first-order valence-electron chi connectivity index (χ1n) is 19.6. The molecule has 8 heteroatoms. The number of hydrogen-bond acceptors (Lipinski definition) is 6. The van der Waals surface area contributed by atoms with E-state index >= 15 is 0 Å². The van der Waals surface area contributed by atoms with Crippen molar-refractivity contribution >= 4 is 18.5 Å². The molecule has 0 fully saturated rings. The summed E-state index contributed by atoms with van der Waals surface area (Å²) >= 11 is 0. The van der Waals surface area contributed by atoms with E-state index in [0.29, 0.717) is 37.0 Å². The molecule has 2 rings (SSSR count). The Hall–Kier alpha value is -3.42. The molecule has 288 valence electrons. The Morgan fingerprint density at radius 1 is 0.784 bits per heavy atom. The first kappa shape index (κ1) is 45.6. The van der Waals surface area contributed by atoms with Gasteiger partial charge in [-0.3, -0.25) is 23.9 Å². The molecule has 2 N–H and O–H groups in total. The molecule has 0 saturated carbocycles. The quantitative estimate of drug-likeness (QED) is 0.0543. The molecule has 0 radical (unpaired) electrons. The second-order valence-corrected chi connectivity index (χ2v) is 16.0. The summed E-state index contributed by atoms with van der Waals surface area (Å²) in [5, 5.41) is 10.9. The number of nitrogens with one attached hydrogen (secondary N) is 1. The largest absolute Gasteiger partial charge is 0.507 e. The lowest BCUT2D eigenvalue weighted by Crippen LogP contribution is -2.28. The Balaban J connectivity index is 0.000000833. The molecule has 1 aromatic heterocycles. The van der Waals surface area contributed by atoms with E-state index in [1.165, 1.54) is 108 Å². The third kappa shape index (κ3) is 19.7. The number of aromatic amines is 1. The number of H-pyrrole nitrogens is 1. The SMILES string of the molecule is CCCCCCCCCCCCCCCCCCOC(=O)CCc1cc(C(C)(C)C)c(O)c(C(C)(C)C)c1.Cc1cn(/C=C/C=O)c(=O)[nH]c1=O. The lowest BCUT2D eigenvalue weighted by Gasteiger charge is -2.28. The fourth-order valence-corrected chi connectivity index (χ4v) is 5.96. The van der Waals surface area contributed by atoms with Crippen LogP contribution >= 0.6 is 0 Å². The number of phenols is 1. The van der Waals surface area contributed by atoms with Crippen LogP contribution in [0.2, 0.25) is 0 Å². The Morgan fingerprint density at radius 3 is 1.67 bits per heavy atom. The van der Waals surface area contributed by atoms with Crippen molar-refractivity contribution in [1.29, 1.82) is 0 Å². The molecule has 0 unspecified atom stereocenters. The summed E-state index contributed by atoms with van der Waals surface area (Å²) in [6.45, 7) is 17.1. The topological polar surface area (TPSA) is 118 Å². The van der Waals surface area contributed by atoms with Gasteiger partial charge >= 0.3 is 11.7 Å². The number of carbonyl (C=O) groups is 2. The van der Waals surface area contributed by atoms with Crippen LogP contribution in [0.15, 0.2) is 34.0 Å². The summed E-state index contributed by atoms with van der Waals surface area (Å²) in [5.74, 6) is 0.272. The molecule has 0 atom stereocenters. The van der Waals surface area contributed by atoms with Gasteiger partial charge < -0.3 is 9.84 Å². The average molecular weight is 711 g/mol. The zero-order valence-electron chi connectivity index (χ0n) is 33.3. The van der Waals surface area contributed by atoms with Gasteiger partial charge in [-0.25, -0.2) is 4.79 Å². The smallest absolute Gasteiger partial charge is 0.332 e. The van der Waals surface area contributed by atoms with Crippen LogP contribution in [0.4, 0.5) is 0 Å². The maximum absolute atomic E-state index is 12.3. The van der Waals surface area contributed by atoms with E-state index in [4.69, 9.17) is 4.74 Å². The van der Waals surface area contributed by atoms with Gasteiger partial charge in [-0.05, 0) is 53.4 Å². The Kier molecular flexibility index (Phi) is 22.1. The number of hydrogen-bond donors (Lipinski definition) is 2. The van der Waals surface area contributed by atoms with E-state index in [9.17, 15) is 24.3 Å². The summed E-state index contributed by atoms with van der Waals surface area (Å²) in [5.41, 5.74) is 2.10. The van der Waals surface area contributed by atoms with Crippen LogP contribution in [0.25, 0.3) is 6.20 Å². The molecule has 1 heterocycles. The second kappa shape index (κ2) is 24.7. The van der Waals surface area contributed by atoms with Crippen molar-refractivity contribution in [1.82, 2.24) is 9.55 Å². The average Bonchev–Trinajstić information content (AvgIpc) is 3.06. The van der Waals surface area contributed by atoms with Crippen LogP contribution in [0, 0.1) is 6.92 Å². The number of aldehydes is 1. The molecule has 0 aliphatic carbocycles. The van der Waals surface area contributed by atoms with Gasteiger partial charge in [0.1, 0.15) is 12.0 Å². The Bertz CT molecular complexity index is 1400. The molecule has 0 bridgehead atoms. The molecule has 51 heavy (non-hydrogen) atoms. The zero-order chi connectivity index (χ0) is 38.3. The standard InChI is InChI=1S/C35H62O3.C8H8N2O3/c1-8-9-10-11-12-13-14-15-16-17-18-19-20-21-22-23-26-38-32(36)25-24-29-27-30(34(2,3)4)33(37)31(28-29)35(5,6)7;1-6-5-10(3-2-4-11)8(13)9-7(6)12/h27-28,37H,8-26H2,1-7H3;2-5H,1H3,(H,9,12,13)/b;3-2+. The minimum absolute atomic E-state index is 0.117. The lowest BCUT2D eigenvalue weighted by atomic mass is 9.78. The minimum atomic E-state index is -0.561. The van der Waals surface area contributed by atoms with Crippen molar-refractivity contribution in [2.24, 2.45) is 0 Å². The Morgan fingerprint density at radius 2 is 1.24 bits per heavy atom. The summed E-state index contributed by atoms with van der Waals surface area (Å²) in [6, 6.07) is 4.13. The summed E-state index contributed by atoms with van der Waals surface area (Å²) in [6.07, 6.45) is 26.9. The van der Waals surface area contributed by atoms with Gasteiger partial charge in [0.05, 0.1) is 6.61 Å². The highest BCUT2D eigenvalue weighted by molar-refractivity contribution is 5.70. The molecule has 1 aromatic carbocycles. The zero-order valence-corrected chi connectivity index (χ0v) is 33.3. The van der Waals surface area contributed by atoms with Crippen molar-refractivity contribution in [3.63, 3.8) is 0 Å². The molecular formula is C43H70N2O6. The summed E-state index contributed by atoms with van der Waals surface area (Å²) in [7, 11) is 0. The van der Waals surface area contributed by atoms with Crippen LogP contribution in [0.1, 0.15) is 180 Å². The van der Waals surface area contributed by atoms with Crippen molar-refractivity contribution in [2.75, 3.05) is 6.61 Å². The number of benzene rings is 1. The molecule has 0 spiro atoms. The van der Waals surface area contributed by atoms with Crippen LogP contribution in [-0.2, 0) is 31.6 Å². The minimum Gasteiger partial charge on any atom is -0.507 e. The van der Waals surface area contributed by atoms with Crippen molar-refractivity contribution in [2.45, 2.75) is 182 Å². The number of aromatic nitrogens is 2. The van der Waals surface area contributed by atoms with E-state index in [1.807, 2.05) is 0 Å².